The van der Waals surface area contributed by atoms with Gasteiger partial charge in [0.05, 0.1) is 0 Å². The van der Waals surface area contributed by atoms with Gasteiger partial charge in [-0.2, -0.15) is 0 Å². The Morgan fingerprint density at radius 2 is 0.867 bits per heavy atom. The van der Waals surface area contributed by atoms with Crippen LogP contribution in [-0.4, -0.2) is 0 Å². The molecule has 0 atom stereocenters. The lowest BCUT2D eigenvalue weighted by atomic mass is 9.97. The van der Waals surface area contributed by atoms with Gasteiger partial charge >= 0.3 is 0 Å². The van der Waals surface area contributed by atoms with E-state index < -0.39 is 0 Å². The minimum atomic E-state index is 0.00150. The molecular weight excluding hydrogens is 368 g/mol. The highest BCUT2D eigenvalue weighted by molar-refractivity contribution is 6.34. The molecule has 7 aromatic rings. The van der Waals surface area contributed by atoms with Crippen molar-refractivity contribution in [1.29, 1.82) is 0 Å². The van der Waals surface area contributed by atoms with Crippen LogP contribution in [0.15, 0.2) is 94.5 Å². The maximum atomic E-state index is 13.4. The van der Waals surface area contributed by atoms with Gasteiger partial charge in [0, 0.05) is 32.3 Å². The first-order chi connectivity index (χ1) is 14.7. The first kappa shape index (κ1) is 15.8. The van der Waals surface area contributed by atoms with Gasteiger partial charge in [-0.15, -0.1) is 0 Å². The molecule has 0 radical (unpaired) electrons. The summed E-state index contributed by atoms with van der Waals surface area (Å²) in [6.07, 6.45) is 0. The molecule has 0 fully saturated rings. The summed E-state index contributed by atoms with van der Waals surface area (Å²) in [7, 11) is 0. The van der Waals surface area contributed by atoms with Crippen LogP contribution in [0.2, 0.25) is 0 Å². The minimum absolute atomic E-state index is 0.00150. The van der Waals surface area contributed by atoms with E-state index in [0.717, 1.165) is 43.1 Å². The van der Waals surface area contributed by atoms with Crippen molar-refractivity contribution in [3.05, 3.63) is 105 Å². The SMILES string of the molecule is O=c1c2ccc3c4ccccc4ccc3c2c2c1ccc1c3ccccc3c(=O)c12. The predicted molar refractivity (Wildman–Crippen MR) is 126 cm³/mol. The summed E-state index contributed by atoms with van der Waals surface area (Å²) in [5, 5.41) is 10.7. The summed E-state index contributed by atoms with van der Waals surface area (Å²) < 4.78 is 0. The van der Waals surface area contributed by atoms with E-state index in [4.69, 9.17) is 0 Å². The van der Waals surface area contributed by atoms with Crippen molar-refractivity contribution in [2.24, 2.45) is 0 Å². The first-order valence-corrected chi connectivity index (χ1v) is 10.0. The fourth-order valence-electron chi connectivity index (χ4n) is 5.25. The molecule has 0 unspecified atom stereocenters. The van der Waals surface area contributed by atoms with Crippen LogP contribution in [0.25, 0.3) is 64.6 Å². The average molecular weight is 382 g/mol. The van der Waals surface area contributed by atoms with E-state index in [-0.39, 0.29) is 10.9 Å². The van der Waals surface area contributed by atoms with Gasteiger partial charge in [-0.3, -0.25) is 9.59 Å². The fourth-order valence-corrected chi connectivity index (χ4v) is 5.25. The van der Waals surface area contributed by atoms with Crippen LogP contribution < -0.4 is 10.9 Å². The predicted octanol–water partition coefficient (Wildman–Crippen LogP) is 6.20. The van der Waals surface area contributed by atoms with Gasteiger partial charge in [0.2, 0.25) is 0 Å². The van der Waals surface area contributed by atoms with Crippen molar-refractivity contribution in [1.82, 2.24) is 0 Å². The number of hydrogen-bond acceptors (Lipinski definition) is 2. The topological polar surface area (TPSA) is 34.1 Å². The van der Waals surface area contributed by atoms with Crippen molar-refractivity contribution in [2.75, 3.05) is 0 Å². The molecule has 0 amide bonds. The monoisotopic (exact) mass is 382 g/mol. The van der Waals surface area contributed by atoms with Crippen molar-refractivity contribution >= 4 is 64.6 Å². The van der Waals surface area contributed by atoms with Gasteiger partial charge < -0.3 is 0 Å². The number of rotatable bonds is 0. The van der Waals surface area contributed by atoms with Crippen LogP contribution in [0.1, 0.15) is 0 Å². The van der Waals surface area contributed by atoms with Crippen LogP contribution >= 0.6 is 0 Å². The molecule has 0 N–H and O–H groups in total. The molecule has 30 heavy (non-hydrogen) atoms. The second kappa shape index (κ2) is 5.31. The molecule has 0 spiro atoms. The standard InChI is InChI=1S/C28H14O2/c29-27-22-13-11-18-16-6-2-1-5-15(16)9-10-19(18)24(22)25-23(27)14-12-20-17-7-3-4-8-21(17)28(30)26(20)25/h1-14H. The number of hydrogen-bond donors (Lipinski definition) is 0. The van der Waals surface area contributed by atoms with Crippen molar-refractivity contribution < 1.29 is 0 Å². The molecule has 0 bridgehead atoms. The highest BCUT2D eigenvalue weighted by atomic mass is 16.1. The normalized spacial score (nSPS) is 12.3. The van der Waals surface area contributed by atoms with Crippen molar-refractivity contribution in [3.63, 3.8) is 0 Å². The van der Waals surface area contributed by atoms with E-state index in [1.165, 1.54) is 0 Å². The summed E-state index contributed by atoms with van der Waals surface area (Å²) >= 11 is 0. The van der Waals surface area contributed by atoms with Gasteiger partial charge in [0.25, 0.3) is 0 Å². The van der Waals surface area contributed by atoms with E-state index in [0.29, 0.717) is 21.5 Å². The zero-order chi connectivity index (χ0) is 20.0. The highest BCUT2D eigenvalue weighted by Gasteiger charge is 2.20. The minimum Gasteiger partial charge on any atom is -0.289 e. The largest absolute Gasteiger partial charge is 0.289 e. The maximum Gasteiger partial charge on any atom is 0.194 e. The van der Waals surface area contributed by atoms with Crippen molar-refractivity contribution in [2.45, 2.75) is 0 Å². The molecule has 0 heterocycles. The van der Waals surface area contributed by atoms with Gasteiger partial charge in [-0.05, 0) is 44.5 Å². The Balaban J connectivity index is 1.86. The van der Waals surface area contributed by atoms with Crippen LogP contribution in [0, 0.1) is 0 Å². The Morgan fingerprint density at radius 3 is 1.70 bits per heavy atom. The van der Waals surface area contributed by atoms with E-state index in [1.54, 1.807) is 0 Å². The first-order valence-electron chi connectivity index (χ1n) is 10.0. The van der Waals surface area contributed by atoms with Crippen molar-refractivity contribution in [3.8, 4) is 0 Å². The third-order valence-electron chi connectivity index (χ3n) is 6.56. The van der Waals surface area contributed by atoms with Crippen LogP contribution in [0.5, 0.6) is 0 Å². The molecule has 138 valence electrons. The molecule has 0 saturated carbocycles. The number of benzene rings is 5. The average Bonchev–Trinajstić information content (AvgIpc) is 3.26. The van der Waals surface area contributed by atoms with E-state index >= 15 is 0 Å². The third kappa shape index (κ3) is 1.75. The molecule has 2 nitrogen and oxygen atoms in total. The van der Waals surface area contributed by atoms with Gasteiger partial charge in [0.15, 0.2) is 10.9 Å². The van der Waals surface area contributed by atoms with Gasteiger partial charge in [-0.1, -0.05) is 72.8 Å². The van der Waals surface area contributed by atoms with Crippen LogP contribution in [0.3, 0.4) is 0 Å². The Bertz CT molecular complexity index is 1930. The van der Waals surface area contributed by atoms with E-state index in [1.807, 2.05) is 60.7 Å². The summed E-state index contributed by atoms with van der Waals surface area (Å²) in [5.74, 6) is 0. The quantitative estimate of drug-likeness (QED) is 0.293. The Hall–Kier alpha value is -4.04. The maximum absolute atomic E-state index is 13.4. The molecule has 0 saturated heterocycles. The zero-order valence-electron chi connectivity index (χ0n) is 15.9. The second-order valence-electron chi connectivity index (χ2n) is 7.98. The lowest BCUT2D eigenvalue weighted by Gasteiger charge is -2.06. The van der Waals surface area contributed by atoms with Crippen LogP contribution in [-0.2, 0) is 0 Å². The lowest BCUT2D eigenvalue weighted by Crippen LogP contribution is -1.96. The molecule has 7 aromatic carbocycles. The molecule has 0 aliphatic rings. The lowest BCUT2D eigenvalue weighted by molar-refractivity contribution is 1.79. The Labute approximate surface area is 170 Å². The van der Waals surface area contributed by atoms with E-state index in [9.17, 15) is 9.59 Å². The molecule has 0 aromatic heterocycles. The Morgan fingerprint density at radius 1 is 0.333 bits per heavy atom. The summed E-state index contributed by atoms with van der Waals surface area (Å²) in [4.78, 5) is 26.7. The highest BCUT2D eigenvalue weighted by Crippen LogP contribution is 2.39. The molecule has 7 rings (SSSR count). The van der Waals surface area contributed by atoms with Gasteiger partial charge in [0.1, 0.15) is 0 Å². The third-order valence-corrected chi connectivity index (χ3v) is 6.56. The van der Waals surface area contributed by atoms with E-state index in [2.05, 4.69) is 24.3 Å². The number of fused-ring (bicyclic) bond motifs is 11. The summed E-state index contributed by atoms with van der Waals surface area (Å²) in [6.45, 7) is 0. The fraction of sp³-hybridized carbons (Fsp3) is 0. The zero-order valence-corrected chi connectivity index (χ0v) is 15.9. The molecule has 0 aliphatic carbocycles. The molecular formula is C28H14O2. The Kier molecular flexibility index (Phi) is 2.80. The second-order valence-corrected chi connectivity index (χ2v) is 7.98. The van der Waals surface area contributed by atoms with Crippen LogP contribution in [0.4, 0.5) is 0 Å². The summed E-state index contributed by atoms with van der Waals surface area (Å²) in [5.41, 5.74) is 0.0116. The summed E-state index contributed by atoms with van der Waals surface area (Å²) in [6, 6.07) is 27.9. The molecule has 0 aliphatic heterocycles. The molecule has 2 heteroatoms. The smallest absolute Gasteiger partial charge is 0.194 e. The van der Waals surface area contributed by atoms with Gasteiger partial charge in [-0.25, -0.2) is 0 Å².